The van der Waals surface area contributed by atoms with Gasteiger partial charge in [-0.1, -0.05) is 0 Å². The molecule has 1 aromatic heterocycles. The average molecular weight is 134 g/mol. The molecule has 0 spiro atoms. The Balaban J connectivity index is 2.54. The highest BCUT2D eigenvalue weighted by molar-refractivity contribution is 5.49. The van der Waals surface area contributed by atoms with Crippen LogP contribution in [0, 0.1) is 0 Å². The van der Waals surface area contributed by atoms with E-state index in [0.717, 1.165) is 17.8 Å². The van der Waals surface area contributed by atoms with Gasteiger partial charge in [-0.2, -0.15) is 0 Å². The Bertz CT molecular complexity index is 268. The van der Waals surface area contributed by atoms with Crippen molar-refractivity contribution in [3.8, 4) is 0 Å². The zero-order valence-electron chi connectivity index (χ0n) is 5.28. The summed E-state index contributed by atoms with van der Waals surface area (Å²) in [6.45, 7) is 0.800. The van der Waals surface area contributed by atoms with Gasteiger partial charge >= 0.3 is 0 Å². The zero-order valence-corrected chi connectivity index (χ0v) is 5.28. The monoisotopic (exact) mass is 134 g/mol. The van der Waals surface area contributed by atoms with Crippen molar-refractivity contribution in [1.29, 1.82) is 0 Å². The van der Waals surface area contributed by atoms with Gasteiger partial charge < -0.3 is 5.32 Å². The van der Waals surface area contributed by atoms with Gasteiger partial charge in [0.25, 0.3) is 0 Å². The molecule has 0 unspecified atom stereocenters. The number of aromatic nitrogens is 3. The molecule has 0 saturated carbocycles. The highest BCUT2D eigenvalue weighted by Gasteiger charge is 2.03. The second-order valence-corrected chi connectivity index (χ2v) is 2.06. The molecular weight excluding hydrogens is 128 g/mol. The highest BCUT2D eigenvalue weighted by atomic mass is 15.3. The second kappa shape index (κ2) is 2.06. The van der Waals surface area contributed by atoms with Crippen molar-refractivity contribution in [3.63, 3.8) is 0 Å². The minimum Gasteiger partial charge on any atom is -0.387 e. The smallest absolute Gasteiger partial charge is 0.0955 e. The van der Waals surface area contributed by atoms with Crippen LogP contribution in [0.3, 0.4) is 0 Å². The molecule has 50 valence electrons. The van der Waals surface area contributed by atoms with Gasteiger partial charge in [0.2, 0.25) is 0 Å². The summed E-state index contributed by atoms with van der Waals surface area (Å²) in [5.74, 6) is 0. The Morgan fingerprint density at radius 2 is 2.50 bits per heavy atom. The number of rotatable bonds is 0. The zero-order chi connectivity index (χ0) is 6.81. The normalized spacial score (nSPS) is 14.0. The maximum absolute atomic E-state index is 3.83. The summed E-state index contributed by atoms with van der Waals surface area (Å²) in [6.07, 6.45) is 5.46. The Labute approximate surface area is 58.0 Å². The van der Waals surface area contributed by atoms with Crippen molar-refractivity contribution in [2.45, 2.75) is 6.54 Å². The van der Waals surface area contributed by atoms with Crippen molar-refractivity contribution < 1.29 is 0 Å². The molecule has 0 radical (unpaired) electrons. The van der Waals surface area contributed by atoms with E-state index in [-0.39, 0.29) is 0 Å². The van der Waals surface area contributed by atoms with E-state index in [1.54, 1.807) is 6.20 Å². The van der Waals surface area contributed by atoms with Crippen LogP contribution in [0.25, 0.3) is 6.08 Å². The summed E-state index contributed by atoms with van der Waals surface area (Å²) in [5, 5.41) is 14.1. The molecular formula is C6H6N4. The summed E-state index contributed by atoms with van der Waals surface area (Å²) < 4.78 is 0. The van der Waals surface area contributed by atoms with Crippen molar-refractivity contribution in [3.05, 3.63) is 23.7 Å². The molecule has 0 aromatic carbocycles. The number of hydrogen-bond acceptors (Lipinski definition) is 4. The molecule has 0 saturated heterocycles. The van der Waals surface area contributed by atoms with Gasteiger partial charge in [-0.25, -0.2) is 0 Å². The first-order valence-electron chi connectivity index (χ1n) is 3.04. The number of hydrogen-bond donors (Lipinski definition) is 1. The van der Waals surface area contributed by atoms with Crippen LogP contribution >= 0.6 is 0 Å². The van der Waals surface area contributed by atoms with E-state index in [4.69, 9.17) is 0 Å². The number of nitrogens with zero attached hydrogens (tertiary/aromatic N) is 3. The molecule has 0 amide bonds. The molecule has 10 heavy (non-hydrogen) atoms. The molecule has 1 aliphatic heterocycles. The molecule has 0 bridgehead atoms. The Morgan fingerprint density at radius 1 is 1.50 bits per heavy atom. The van der Waals surface area contributed by atoms with Crippen molar-refractivity contribution in [2.75, 3.05) is 0 Å². The molecule has 1 aromatic rings. The van der Waals surface area contributed by atoms with Crippen molar-refractivity contribution in [2.24, 2.45) is 0 Å². The van der Waals surface area contributed by atoms with E-state index in [1.807, 2.05) is 12.3 Å². The minimum atomic E-state index is 0.800. The van der Waals surface area contributed by atoms with Crippen molar-refractivity contribution in [1.82, 2.24) is 20.7 Å². The lowest BCUT2D eigenvalue weighted by molar-refractivity contribution is 0.778. The molecule has 0 atom stereocenters. The largest absolute Gasteiger partial charge is 0.387 e. The third-order valence-corrected chi connectivity index (χ3v) is 1.40. The van der Waals surface area contributed by atoms with Gasteiger partial charge in [-0.15, -0.1) is 10.2 Å². The van der Waals surface area contributed by atoms with E-state index in [9.17, 15) is 0 Å². The predicted molar refractivity (Wildman–Crippen MR) is 35.7 cm³/mol. The molecule has 4 nitrogen and oxygen atoms in total. The maximum atomic E-state index is 3.83. The van der Waals surface area contributed by atoms with E-state index >= 15 is 0 Å². The second-order valence-electron chi connectivity index (χ2n) is 2.06. The maximum Gasteiger partial charge on any atom is 0.0955 e. The molecule has 4 heteroatoms. The lowest BCUT2D eigenvalue weighted by Gasteiger charge is -2.07. The minimum absolute atomic E-state index is 0.800. The first-order valence-corrected chi connectivity index (χ1v) is 3.04. The van der Waals surface area contributed by atoms with Gasteiger partial charge in [-0.05, 0) is 17.5 Å². The summed E-state index contributed by atoms with van der Waals surface area (Å²) >= 11 is 0. The van der Waals surface area contributed by atoms with Gasteiger partial charge in [0.1, 0.15) is 0 Å². The van der Waals surface area contributed by atoms with Crippen LogP contribution < -0.4 is 5.32 Å². The first-order chi connectivity index (χ1) is 4.97. The van der Waals surface area contributed by atoms with Crippen molar-refractivity contribution >= 4 is 6.08 Å². The lowest BCUT2D eigenvalue weighted by atomic mass is 10.2. The number of fused-ring (bicyclic) bond motifs is 1. The van der Waals surface area contributed by atoms with Crippen LogP contribution in [0.2, 0.25) is 0 Å². The number of nitrogens with one attached hydrogen (secondary N) is 1. The molecule has 2 rings (SSSR count). The summed E-state index contributed by atoms with van der Waals surface area (Å²) in [4.78, 5) is 0. The summed E-state index contributed by atoms with van der Waals surface area (Å²) in [7, 11) is 0. The van der Waals surface area contributed by atoms with Crippen LogP contribution in [-0.4, -0.2) is 15.4 Å². The van der Waals surface area contributed by atoms with Gasteiger partial charge in [0.15, 0.2) is 0 Å². The third-order valence-electron chi connectivity index (χ3n) is 1.40. The Morgan fingerprint density at radius 3 is 3.40 bits per heavy atom. The van der Waals surface area contributed by atoms with Crippen LogP contribution in [0.5, 0.6) is 0 Å². The third kappa shape index (κ3) is 0.737. The Kier molecular flexibility index (Phi) is 1.10. The van der Waals surface area contributed by atoms with E-state index in [2.05, 4.69) is 20.7 Å². The van der Waals surface area contributed by atoms with E-state index < -0.39 is 0 Å². The van der Waals surface area contributed by atoms with Crippen LogP contribution in [0.15, 0.2) is 12.4 Å². The summed E-state index contributed by atoms with van der Waals surface area (Å²) in [6, 6.07) is 0. The molecule has 1 N–H and O–H groups in total. The highest BCUT2D eigenvalue weighted by Crippen LogP contribution is 2.07. The van der Waals surface area contributed by atoms with Gasteiger partial charge in [0, 0.05) is 12.1 Å². The predicted octanol–water partition coefficient (Wildman–Crippen LogP) is -0.0545. The van der Waals surface area contributed by atoms with Crippen LogP contribution in [0.4, 0.5) is 0 Å². The molecule has 0 fully saturated rings. The Hall–Kier alpha value is -1.45. The fraction of sp³-hybridized carbons (Fsp3) is 0.167. The average Bonchev–Trinajstić information content (AvgIpc) is 2.05. The van der Waals surface area contributed by atoms with E-state index in [0.29, 0.717) is 0 Å². The van der Waals surface area contributed by atoms with Crippen LogP contribution in [-0.2, 0) is 6.54 Å². The molecule has 0 aliphatic carbocycles. The quantitative estimate of drug-likeness (QED) is 0.540. The first kappa shape index (κ1) is 5.34. The lowest BCUT2D eigenvalue weighted by Crippen LogP contribution is -2.12. The fourth-order valence-corrected chi connectivity index (χ4v) is 0.883. The topological polar surface area (TPSA) is 50.7 Å². The standard InChI is InChI=1S/C6H6N4/c1-2-7-3-5-4-8-10-9-6(1)5/h1-2,4,7H,3H2. The van der Waals surface area contributed by atoms with Crippen LogP contribution in [0.1, 0.15) is 11.3 Å². The van der Waals surface area contributed by atoms with E-state index in [1.165, 1.54) is 0 Å². The van der Waals surface area contributed by atoms with Gasteiger partial charge in [-0.3, -0.25) is 0 Å². The van der Waals surface area contributed by atoms with Gasteiger partial charge in [0.05, 0.1) is 11.9 Å². The SMILES string of the molecule is C1=Cc2nnncc2CN1. The fourth-order valence-electron chi connectivity index (χ4n) is 0.883. The molecule has 1 aliphatic rings. The summed E-state index contributed by atoms with van der Waals surface area (Å²) in [5.41, 5.74) is 2.01. The molecule has 2 heterocycles.